The highest BCUT2D eigenvalue weighted by Gasteiger charge is 2.17. The van der Waals surface area contributed by atoms with Crippen LogP contribution in [0.5, 0.6) is 0 Å². The number of ether oxygens (including phenoxy) is 1. The van der Waals surface area contributed by atoms with Gasteiger partial charge in [-0.1, -0.05) is 23.7 Å². The second-order valence-electron chi connectivity index (χ2n) is 6.85. The molecule has 0 unspecified atom stereocenters. The van der Waals surface area contributed by atoms with Crippen LogP contribution in [-0.4, -0.2) is 37.3 Å². The molecule has 8 nitrogen and oxygen atoms in total. The van der Waals surface area contributed by atoms with Gasteiger partial charge in [-0.3, -0.25) is 19.2 Å². The molecule has 33 heavy (non-hydrogen) atoms. The van der Waals surface area contributed by atoms with Crippen molar-refractivity contribution < 1.29 is 23.9 Å². The molecule has 0 bridgehead atoms. The minimum Gasteiger partial charge on any atom is -0.468 e. The van der Waals surface area contributed by atoms with Crippen LogP contribution in [0.4, 0.5) is 10.7 Å². The summed E-state index contributed by atoms with van der Waals surface area (Å²) in [6.45, 7) is 1.53. The van der Waals surface area contributed by atoms with E-state index in [1.807, 2.05) is 0 Å². The van der Waals surface area contributed by atoms with Gasteiger partial charge in [0.05, 0.1) is 27.6 Å². The van der Waals surface area contributed by atoms with Gasteiger partial charge < -0.3 is 20.7 Å². The number of carbonyl (C=O) groups excluding carboxylic acids is 4. The minimum absolute atomic E-state index is 0.235. The number of benzene rings is 2. The predicted molar refractivity (Wildman–Crippen MR) is 127 cm³/mol. The van der Waals surface area contributed by atoms with E-state index in [0.717, 1.165) is 11.3 Å². The molecule has 0 aliphatic heterocycles. The Morgan fingerprint density at radius 3 is 2.30 bits per heavy atom. The summed E-state index contributed by atoms with van der Waals surface area (Å²) in [5.41, 5.74) is 1.85. The average Bonchev–Trinajstić information content (AvgIpc) is 3.17. The highest BCUT2D eigenvalue weighted by Crippen LogP contribution is 2.28. The van der Waals surface area contributed by atoms with Gasteiger partial charge in [-0.15, -0.1) is 11.3 Å². The van der Waals surface area contributed by atoms with Crippen LogP contribution in [0.2, 0.25) is 5.02 Å². The van der Waals surface area contributed by atoms with Crippen LogP contribution >= 0.6 is 22.9 Å². The van der Waals surface area contributed by atoms with E-state index in [1.165, 1.54) is 19.2 Å². The molecular formula is C23H20ClN3O5S. The second-order valence-corrected chi connectivity index (χ2v) is 8.31. The lowest BCUT2D eigenvalue weighted by molar-refractivity contribution is -0.139. The predicted octanol–water partition coefficient (Wildman–Crippen LogP) is 4.12. The van der Waals surface area contributed by atoms with Gasteiger partial charge in [0.25, 0.3) is 17.7 Å². The molecule has 0 fully saturated rings. The lowest BCUT2D eigenvalue weighted by Gasteiger charge is -2.07. The normalized spacial score (nSPS) is 10.3. The Bertz CT molecular complexity index is 1210. The van der Waals surface area contributed by atoms with Crippen molar-refractivity contribution in [2.75, 3.05) is 24.3 Å². The summed E-state index contributed by atoms with van der Waals surface area (Å²) < 4.78 is 4.47. The summed E-state index contributed by atoms with van der Waals surface area (Å²) in [5.74, 6) is -1.71. The first-order chi connectivity index (χ1) is 15.8. The van der Waals surface area contributed by atoms with Gasteiger partial charge in [0.2, 0.25) is 0 Å². The fourth-order valence-corrected chi connectivity index (χ4v) is 4.00. The molecule has 3 aromatic rings. The molecule has 2 aromatic carbocycles. The summed E-state index contributed by atoms with van der Waals surface area (Å²) in [6.07, 6.45) is 0. The topological polar surface area (TPSA) is 114 Å². The summed E-state index contributed by atoms with van der Waals surface area (Å²) in [4.78, 5) is 48.8. The van der Waals surface area contributed by atoms with Gasteiger partial charge in [-0.2, -0.15) is 0 Å². The molecule has 3 N–H and O–H groups in total. The molecule has 10 heteroatoms. The molecule has 3 amide bonds. The molecule has 1 heterocycles. The van der Waals surface area contributed by atoms with E-state index in [4.69, 9.17) is 11.6 Å². The van der Waals surface area contributed by atoms with E-state index in [0.29, 0.717) is 37.3 Å². The summed E-state index contributed by atoms with van der Waals surface area (Å²) in [5, 5.41) is 8.81. The summed E-state index contributed by atoms with van der Waals surface area (Å²) in [7, 11) is 1.23. The van der Waals surface area contributed by atoms with Crippen LogP contribution in [0.1, 0.15) is 36.0 Å². The van der Waals surface area contributed by atoms with Crippen molar-refractivity contribution in [3.63, 3.8) is 0 Å². The van der Waals surface area contributed by atoms with E-state index in [2.05, 4.69) is 20.7 Å². The molecule has 0 atom stereocenters. The third-order valence-corrected chi connectivity index (χ3v) is 5.99. The molecule has 170 valence electrons. The van der Waals surface area contributed by atoms with Crippen LogP contribution in [0, 0.1) is 6.92 Å². The number of aryl methyl sites for hydroxylation is 1. The highest BCUT2D eigenvalue weighted by molar-refractivity contribution is 7.18. The summed E-state index contributed by atoms with van der Waals surface area (Å²) in [6, 6.07) is 14.6. The monoisotopic (exact) mass is 485 g/mol. The van der Waals surface area contributed by atoms with E-state index >= 15 is 0 Å². The van der Waals surface area contributed by atoms with Crippen molar-refractivity contribution in [2.24, 2.45) is 0 Å². The van der Waals surface area contributed by atoms with Crippen molar-refractivity contribution in [2.45, 2.75) is 6.92 Å². The van der Waals surface area contributed by atoms with Gasteiger partial charge in [0.1, 0.15) is 6.54 Å². The number of esters is 1. The molecule has 1 aromatic heterocycles. The highest BCUT2D eigenvalue weighted by atomic mass is 35.5. The Kier molecular flexibility index (Phi) is 7.81. The van der Waals surface area contributed by atoms with Gasteiger partial charge in [0.15, 0.2) is 0 Å². The smallest absolute Gasteiger partial charge is 0.325 e. The second kappa shape index (κ2) is 10.8. The number of rotatable bonds is 7. The molecule has 0 spiro atoms. The number of methoxy groups -OCH3 is 1. The number of amides is 3. The quantitative estimate of drug-likeness (QED) is 0.436. The van der Waals surface area contributed by atoms with Crippen LogP contribution in [0.15, 0.2) is 54.6 Å². The Morgan fingerprint density at radius 1 is 0.939 bits per heavy atom. The summed E-state index contributed by atoms with van der Waals surface area (Å²) >= 11 is 7.20. The standard InChI is InChI=1S/C23H20ClN3O5S/c1-13-11-18(27-22(30)16-5-3-4-6-17(16)24)33-20(13)23(31)26-15-9-7-14(8-10-15)21(29)25-12-19(28)32-2/h3-11H,12H2,1-2H3,(H,25,29)(H,26,31)(H,27,30). The Labute approximate surface area is 198 Å². The third-order valence-electron chi connectivity index (χ3n) is 4.51. The number of hydrogen-bond acceptors (Lipinski definition) is 6. The van der Waals surface area contributed by atoms with Gasteiger partial charge in [0, 0.05) is 11.3 Å². The molecular weight excluding hydrogens is 466 g/mol. The van der Waals surface area contributed by atoms with E-state index in [9.17, 15) is 19.2 Å². The fourth-order valence-electron chi connectivity index (χ4n) is 2.81. The number of halogens is 1. The largest absolute Gasteiger partial charge is 0.468 e. The SMILES string of the molecule is COC(=O)CNC(=O)c1ccc(NC(=O)c2sc(NC(=O)c3ccccc3Cl)cc2C)cc1. The lowest BCUT2D eigenvalue weighted by Crippen LogP contribution is -2.30. The molecule has 0 saturated heterocycles. The number of hydrogen-bond donors (Lipinski definition) is 3. The Hall–Kier alpha value is -3.69. The number of anilines is 2. The average molecular weight is 486 g/mol. The van der Waals surface area contributed by atoms with Crippen molar-refractivity contribution in [1.82, 2.24) is 5.32 Å². The zero-order chi connectivity index (χ0) is 24.0. The molecule has 0 aliphatic carbocycles. The first-order valence-electron chi connectivity index (χ1n) is 9.71. The third kappa shape index (κ3) is 6.18. The first-order valence-corrected chi connectivity index (χ1v) is 10.9. The molecule has 3 rings (SSSR count). The van der Waals surface area contributed by atoms with Gasteiger partial charge in [-0.25, -0.2) is 0 Å². The van der Waals surface area contributed by atoms with Crippen LogP contribution in [0.25, 0.3) is 0 Å². The first kappa shape index (κ1) is 24.0. The van der Waals surface area contributed by atoms with Crippen molar-refractivity contribution in [1.29, 1.82) is 0 Å². The lowest BCUT2D eigenvalue weighted by atomic mass is 10.2. The van der Waals surface area contributed by atoms with Gasteiger partial charge >= 0.3 is 5.97 Å². The maximum Gasteiger partial charge on any atom is 0.325 e. The minimum atomic E-state index is -0.555. The number of carbonyl (C=O) groups is 4. The molecule has 0 aliphatic rings. The van der Waals surface area contributed by atoms with E-state index in [-0.39, 0.29) is 18.4 Å². The molecule has 0 radical (unpaired) electrons. The zero-order valence-electron chi connectivity index (χ0n) is 17.7. The maximum absolute atomic E-state index is 12.7. The van der Waals surface area contributed by atoms with E-state index < -0.39 is 11.9 Å². The fraction of sp³-hybridized carbons (Fsp3) is 0.130. The number of thiophene rings is 1. The van der Waals surface area contributed by atoms with Crippen molar-refractivity contribution >= 4 is 57.3 Å². The van der Waals surface area contributed by atoms with Crippen LogP contribution < -0.4 is 16.0 Å². The Morgan fingerprint density at radius 2 is 1.64 bits per heavy atom. The van der Waals surface area contributed by atoms with Crippen molar-refractivity contribution in [3.8, 4) is 0 Å². The van der Waals surface area contributed by atoms with Crippen LogP contribution in [0.3, 0.4) is 0 Å². The van der Waals surface area contributed by atoms with E-state index in [1.54, 1.807) is 49.4 Å². The van der Waals surface area contributed by atoms with Crippen LogP contribution in [-0.2, 0) is 9.53 Å². The maximum atomic E-state index is 12.7. The van der Waals surface area contributed by atoms with Crippen molar-refractivity contribution in [3.05, 3.63) is 81.2 Å². The zero-order valence-corrected chi connectivity index (χ0v) is 19.3. The number of nitrogens with one attached hydrogen (secondary N) is 3. The molecule has 0 saturated carbocycles. The van der Waals surface area contributed by atoms with Gasteiger partial charge in [-0.05, 0) is 55.0 Å². The Balaban J connectivity index is 1.63.